The van der Waals surface area contributed by atoms with Gasteiger partial charge in [-0.05, 0) is 37.7 Å². The normalized spacial score (nSPS) is 20.1. The average molecular weight is 440 g/mol. The molecular formula is C26H37N3O3. The van der Waals surface area contributed by atoms with Crippen molar-refractivity contribution in [2.24, 2.45) is 5.92 Å². The standard InChI is InChI=1S/C26H37N3O3/c1-19-15-29(20(2)18-30)26(31)14-22-13-23(27(3)4)11-12-24(22)32-25(19)17-28(5)16-21-9-7-6-8-10-21/h6-13,19-20,25,30H,14-18H2,1-5H3/t19-,20+,25-/m1/s1. The zero-order valence-electron chi connectivity index (χ0n) is 20.0. The monoisotopic (exact) mass is 439 g/mol. The summed E-state index contributed by atoms with van der Waals surface area (Å²) in [6, 6.07) is 16.2. The number of benzene rings is 2. The lowest BCUT2D eigenvalue weighted by Crippen LogP contribution is -2.47. The van der Waals surface area contributed by atoms with Crippen LogP contribution in [-0.2, 0) is 17.8 Å². The highest BCUT2D eigenvalue weighted by Gasteiger charge is 2.31. The number of carbonyl (C=O) groups is 1. The summed E-state index contributed by atoms with van der Waals surface area (Å²) in [6.45, 7) is 6.10. The second-order valence-corrected chi connectivity index (χ2v) is 9.26. The van der Waals surface area contributed by atoms with E-state index in [4.69, 9.17) is 4.74 Å². The quantitative estimate of drug-likeness (QED) is 0.719. The van der Waals surface area contributed by atoms with Gasteiger partial charge in [0.2, 0.25) is 5.91 Å². The van der Waals surface area contributed by atoms with Gasteiger partial charge in [0, 0.05) is 50.9 Å². The predicted molar refractivity (Wildman–Crippen MR) is 129 cm³/mol. The number of rotatable bonds is 7. The molecule has 3 rings (SSSR count). The molecule has 2 aromatic carbocycles. The zero-order chi connectivity index (χ0) is 23.3. The molecule has 0 saturated heterocycles. The Kier molecular flexibility index (Phi) is 8.15. The topological polar surface area (TPSA) is 56.3 Å². The maximum absolute atomic E-state index is 13.2. The van der Waals surface area contributed by atoms with Crippen LogP contribution in [0.25, 0.3) is 0 Å². The number of hydrogen-bond acceptors (Lipinski definition) is 5. The van der Waals surface area contributed by atoms with E-state index in [1.165, 1.54) is 5.56 Å². The van der Waals surface area contributed by atoms with Crippen LogP contribution in [0.15, 0.2) is 48.5 Å². The molecule has 0 aromatic heterocycles. The maximum Gasteiger partial charge on any atom is 0.227 e. The Morgan fingerprint density at radius 1 is 1.16 bits per heavy atom. The van der Waals surface area contributed by atoms with Gasteiger partial charge in [0.25, 0.3) is 0 Å². The van der Waals surface area contributed by atoms with Crippen LogP contribution < -0.4 is 9.64 Å². The molecule has 0 aliphatic carbocycles. The summed E-state index contributed by atoms with van der Waals surface area (Å²) < 4.78 is 6.58. The van der Waals surface area contributed by atoms with Gasteiger partial charge in [-0.15, -0.1) is 0 Å². The number of aliphatic hydroxyl groups is 1. The first-order valence-electron chi connectivity index (χ1n) is 11.4. The molecule has 1 amide bonds. The average Bonchev–Trinajstić information content (AvgIpc) is 2.81. The second-order valence-electron chi connectivity index (χ2n) is 9.26. The summed E-state index contributed by atoms with van der Waals surface area (Å²) in [5.41, 5.74) is 3.18. The van der Waals surface area contributed by atoms with Crippen molar-refractivity contribution in [1.82, 2.24) is 9.80 Å². The molecule has 1 aliphatic heterocycles. The molecule has 0 spiro atoms. The van der Waals surface area contributed by atoms with Crippen LogP contribution >= 0.6 is 0 Å². The van der Waals surface area contributed by atoms with Crippen molar-refractivity contribution in [2.75, 3.05) is 45.7 Å². The number of amides is 1. The molecule has 6 heteroatoms. The first kappa shape index (κ1) is 24.1. The van der Waals surface area contributed by atoms with E-state index in [-0.39, 0.29) is 37.0 Å². The minimum atomic E-state index is -0.230. The van der Waals surface area contributed by atoms with Gasteiger partial charge in [0.05, 0.1) is 19.1 Å². The third-order valence-corrected chi connectivity index (χ3v) is 6.20. The van der Waals surface area contributed by atoms with Gasteiger partial charge < -0.3 is 19.6 Å². The van der Waals surface area contributed by atoms with Gasteiger partial charge in [0.15, 0.2) is 0 Å². The third kappa shape index (κ3) is 6.02. The molecule has 1 heterocycles. The summed E-state index contributed by atoms with van der Waals surface area (Å²) in [6.07, 6.45) is 0.174. The van der Waals surface area contributed by atoms with Crippen molar-refractivity contribution in [2.45, 2.75) is 39.0 Å². The molecule has 174 valence electrons. The van der Waals surface area contributed by atoms with Gasteiger partial charge in [-0.25, -0.2) is 0 Å². The Hall–Kier alpha value is -2.57. The lowest BCUT2D eigenvalue weighted by Gasteiger charge is -2.34. The SMILES string of the molecule is C[C@@H]1CN([C@@H](C)CO)C(=O)Cc2cc(N(C)C)ccc2O[C@@H]1CN(C)Cc1ccccc1. The third-order valence-electron chi connectivity index (χ3n) is 6.20. The number of likely N-dealkylation sites (N-methyl/N-ethyl adjacent to an activating group) is 1. The van der Waals surface area contributed by atoms with Gasteiger partial charge in [-0.2, -0.15) is 0 Å². The van der Waals surface area contributed by atoms with Crippen molar-refractivity contribution < 1.29 is 14.6 Å². The fourth-order valence-corrected chi connectivity index (χ4v) is 4.18. The molecule has 1 aliphatic rings. The molecule has 2 aromatic rings. The van der Waals surface area contributed by atoms with Gasteiger partial charge in [-0.3, -0.25) is 9.69 Å². The number of nitrogens with zero attached hydrogens (tertiary/aromatic N) is 3. The fraction of sp³-hybridized carbons (Fsp3) is 0.500. The Balaban J connectivity index is 1.89. The van der Waals surface area contributed by atoms with E-state index in [2.05, 4.69) is 43.1 Å². The van der Waals surface area contributed by atoms with Crippen molar-refractivity contribution in [3.8, 4) is 5.75 Å². The number of carbonyl (C=O) groups excluding carboxylic acids is 1. The van der Waals surface area contributed by atoms with Gasteiger partial charge >= 0.3 is 0 Å². The number of aliphatic hydroxyl groups excluding tert-OH is 1. The molecule has 0 bridgehead atoms. The lowest BCUT2D eigenvalue weighted by atomic mass is 10.0. The van der Waals surface area contributed by atoms with Crippen molar-refractivity contribution in [3.63, 3.8) is 0 Å². The molecule has 0 radical (unpaired) electrons. The summed E-state index contributed by atoms with van der Waals surface area (Å²) in [5, 5.41) is 9.77. The largest absolute Gasteiger partial charge is 0.488 e. The van der Waals surface area contributed by atoms with Crippen LogP contribution in [0, 0.1) is 5.92 Å². The summed E-state index contributed by atoms with van der Waals surface area (Å²) in [4.78, 5) is 19.3. The van der Waals surface area contributed by atoms with Gasteiger partial charge in [0.1, 0.15) is 11.9 Å². The van der Waals surface area contributed by atoms with E-state index in [0.29, 0.717) is 6.54 Å². The van der Waals surface area contributed by atoms with E-state index in [9.17, 15) is 9.90 Å². The van der Waals surface area contributed by atoms with E-state index >= 15 is 0 Å². The number of ether oxygens (including phenoxy) is 1. The highest BCUT2D eigenvalue weighted by atomic mass is 16.5. The zero-order valence-corrected chi connectivity index (χ0v) is 20.0. The summed E-state index contributed by atoms with van der Waals surface area (Å²) >= 11 is 0. The van der Waals surface area contributed by atoms with Gasteiger partial charge in [-0.1, -0.05) is 37.3 Å². The van der Waals surface area contributed by atoms with E-state index in [0.717, 1.165) is 30.1 Å². The summed E-state index contributed by atoms with van der Waals surface area (Å²) in [5.74, 6) is 0.899. The number of fused-ring (bicyclic) bond motifs is 1. The highest BCUT2D eigenvalue weighted by Crippen LogP contribution is 2.30. The molecule has 0 fully saturated rings. The van der Waals surface area contributed by atoms with Crippen molar-refractivity contribution >= 4 is 11.6 Å². The Morgan fingerprint density at radius 2 is 1.88 bits per heavy atom. The maximum atomic E-state index is 13.2. The number of hydrogen-bond donors (Lipinski definition) is 1. The molecule has 6 nitrogen and oxygen atoms in total. The van der Waals surface area contributed by atoms with Crippen LogP contribution in [0.4, 0.5) is 5.69 Å². The lowest BCUT2D eigenvalue weighted by molar-refractivity contribution is -0.134. The molecule has 3 atom stereocenters. The fourth-order valence-electron chi connectivity index (χ4n) is 4.18. The minimum Gasteiger partial charge on any atom is -0.488 e. The Morgan fingerprint density at radius 3 is 2.53 bits per heavy atom. The first-order chi connectivity index (χ1) is 15.3. The Bertz CT molecular complexity index is 887. The van der Waals surface area contributed by atoms with Crippen LogP contribution in [0.3, 0.4) is 0 Å². The van der Waals surface area contributed by atoms with Crippen LogP contribution in [0.5, 0.6) is 5.75 Å². The van der Waals surface area contributed by atoms with Crippen LogP contribution in [0.1, 0.15) is 25.0 Å². The molecule has 32 heavy (non-hydrogen) atoms. The number of anilines is 1. The molecule has 0 saturated carbocycles. The van der Waals surface area contributed by atoms with Crippen molar-refractivity contribution in [1.29, 1.82) is 0 Å². The van der Waals surface area contributed by atoms with E-state index in [1.807, 2.05) is 55.1 Å². The second kappa shape index (κ2) is 10.8. The van der Waals surface area contributed by atoms with Crippen LogP contribution in [-0.4, -0.2) is 73.8 Å². The summed E-state index contributed by atoms with van der Waals surface area (Å²) in [7, 11) is 6.08. The Labute approximate surface area is 192 Å². The molecule has 1 N–H and O–H groups in total. The highest BCUT2D eigenvalue weighted by molar-refractivity contribution is 5.80. The van der Waals surface area contributed by atoms with Crippen LogP contribution in [0.2, 0.25) is 0 Å². The minimum absolute atomic E-state index is 0.0254. The molecule has 0 unspecified atom stereocenters. The first-order valence-corrected chi connectivity index (χ1v) is 11.4. The van der Waals surface area contributed by atoms with E-state index in [1.54, 1.807) is 0 Å². The molecular weight excluding hydrogens is 402 g/mol. The smallest absolute Gasteiger partial charge is 0.227 e. The predicted octanol–water partition coefficient (Wildman–Crippen LogP) is 3.03. The van der Waals surface area contributed by atoms with E-state index < -0.39 is 0 Å². The van der Waals surface area contributed by atoms with Crippen molar-refractivity contribution in [3.05, 3.63) is 59.7 Å².